The fourth-order valence-corrected chi connectivity index (χ4v) is 6.32. The van der Waals surface area contributed by atoms with Gasteiger partial charge in [0, 0.05) is 51.1 Å². The minimum Gasteiger partial charge on any atom is -0.507 e. The second-order valence-corrected chi connectivity index (χ2v) is 12.2. The Balaban J connectivity index is 1.40. The van der Waals surface area contributed by atoms with Crippen LogP contribution in [-0.4, -0.2) is 30.1 Å². The van der Waals surface area contributed by atoms with Crippen molar-refractivity contribution in [1.82, 2.24) is 19.9 Å². The van der Waals surface area contributed by atoms with E-state index >= 15 is 0 Å². The Morgan fingerprint density at radius 3 is 1.62 bits per heavy atom. The first kappa shape index (κ1) is 30.2. The maximum atomic E-state index is 11.6. The second-order valence-electron chi connectivity index (χ2n) is 12.2. The topological polar surface area (TPSA) is 94.9 Å². The number of H-pyrrole nitrogens is 1. The molecular weight excluding hydrogens is 580 g/mol. The van der Waals surface area contributed by atoms with Crippen molar-refractivity contribution in [2.75, 3.05) is 0 Å². The molecule has 0 aliphatic carbocycles. The van der Waals surface area contributed by atoms with E-state index in [9.17, 15) is 10.2 Å². The largest absolute Gasteiger partial charge is 0.507 e. The predicted octanol–water partition coefficient (Wildman–Crippen LogP) is 10.3. The summed E-state index contributed by atoms with van der Waals surface area (Å²) in [4.78, 5) is 18.1. The molecule has 0 aliphatic heterocycles. The van der Waals surface area contributed by atoms with Crippen molar-refractivity contribution < 1.29 is 10.2 Å². The summed E-state index contributed by atoms with van der Waals surface area (Å²) in [5, 5.41) is 25.1. The molecule has 0 saturated carbocycles. The molecule has 4 heterocycles. The number of hydrogen-bond donors (Lipinski definition) is 3. The fourth-order valence-electron chi connectivity index (χ4n) is 6.32. The quantitative estimate of drug-likeness (QED) is 0.133. The van der Waals surface area contributed by atoms with Gasteiger partial charge in [0.25, 0.3) is 0 Å². The molecule has 3 aromatic carbocycles. The van der Waals surface area contributed by atoms with Crippen LogP contribution in [0.2, 0.25) is 0 Å². The molecule has 6 heteroatoms. The lowest BCUT2D eigenvalue weighted by Crippen LogP contribution is -1.95. The minimum atomic E-state index is 0.162. The van der Waals surface area contributed by atoms with E-state index in [-0.39, 0.29) is 11.5 Å². The molecule has 0 fully saturated rings. The second kappa shape index (κ2) is 13.1. The van der Waals surface area contributed by atoms with E-state index in [0.29, 0.717) is 28.1 Å². The number of aromatic amines is 1. The van der Waals surface area contributed by atoms with Gasteiger partial charge in [-0.05, 0) is 97.5 Å². The summed E-state index contributed by atoms with van der Waals surface area (Å²) in [5.74, 6) is 0.361. The zero-order chi connectivity index (χ0) is 32.3. The van der Waals surface area contributed by atoms with Gasteiger partial charge in [0.05, 0.1) is 28.1 Å². The molecule has 0 atom stereocenters. The van der Waals surface area contributed by atoms with Crippen LogP contribution in [0.1, 0.15) is 50.7 Å². The van der Waals surface area contributed by atoms with E-state index in [1.54, 1.807) is 6.20 Å². The molecule has 7 rings (SSSR count). The summed E-state index contributed by atoms with van der Waals surface area (Å²) in [5.41, 5.74) is 9.55. The molecule has 0 unspecified atom stereocenters. The van der Waals surface area contributed by atoms with Crippen LogP contribution < -0.4 is 0 Å². The SMILES string of the molecule is CCCCc1cc(-c2ccccn2)c(O)c(-c2ccc3ccc4ccc(-c5cc(CCCC)cc(-c6ccc[nH]6)c5O)nc4c3n2)c1. The van der Waals surface area contributed by atoms with Crippen LogP contribution >= 0.6 is 0 Å². The Bertz CT molecular complexity index is 2190. The van der Waals surface area contributed by atoms with Crippen LogP contribution in [0.15, 0.2) is 103 Å². The Hall–Kier alpha value is -5.49. The summed E-state index contributed by atoms with van der Waals surface area (Å²) in [6.45, 7) is 4.37. The highest BCUT2D eigenvalue weighted by Crippen LogP contribution is 2.41. The number of aromatic hydroxyl groups is 2. The Labute approximate surface area is 274 Å². The number of aryl methyl sites for hydroxylation is 2. The van der Waals surface area contributed by atoms with E-state index < -0.39 is 0 Å². The standard InChI is InChI=1S/C41H38N4O2/c1-3-5-10-26-22-30(34-12-7-8-20-42-34)40(46)32(24-26)36-18-16-28-14-15-29-17-19-37(45-39(29)38(28)44-36)33-25-27(11-6-4-2)23-31(41(33)47)35-13-9-21-43-35/h7-9,12-25,43,46-47H,3-6,10-11H2,1-2H3. The first-order chi connectivity index (χ1) is 23.0. The molecule has 0 aliphatic rings. The first-order valence-electron chi connectivity index (χ1n) is 16.5. The highest BCUT2D eigenvalue weighted by Gasteiger charge is 2.19. The van der Waals surface area contributed by atoms with E-state index in [2.05, 4.69) is 54.1 Å². The highest BCUT2D eigenvalue weighted by atomic mass is 16.3. The predicted molar refractivity (Wildman–Crippen MR) is 191 cm³/mol. The van der Waals surface area contributed by atoms with Crippen molar-refractivity contribution in [1.29, 1.82) is 0 Å². The maximum Gasteiger partial charge on any atom is 0.134 e. The van der Waals surface area contributed by atoms with Gasteiger partial charge in [0.1, 0.15) is 11.5 Å². The zero-order valence-electron chi connectivity index (χ0n) is 26.8. The summed E-state index contributed by atoms with van der Waals surface area (Å²) < 4.78 is 0. The molecule has 0 radical (unpaired) electrons. The Morgan fingerprint density at radius 2 is 1.11 bits per heavy atom. The van der Waals surface area contributed by atoms with Gasteiger partial charge in [-0.1, -0.05) is 57.0 Å². The molecule has 0 saturated heterocycles. The van der Waals surface area contributed by atoms with Crippen LogP contribution in [0.3, 0.4) is 0 Å². The molecule has 0 amide bonds. The number of nitrogens with zero attached hydrogens (tertiary/aromatic N) is 3. The van der Waals surface area contributed by atoms with Crippen molar-refractivity contribution in [2.45, 2.75) is 52.4 Å². The van der Waals surface area contributed by atoms with E-state index in [4.69, 9.17) is 9.97 Å². The average molecular weight is 619 g/mol. The number of hydrogen-bond acceptors (Lipinski definition) is 5. The number of nitrogens with one attached hydrogen (secondary N) is 1. The van der Waals surface area contributed by atoms with E-state index in [0.717, 1.165) is 88.4 Å². The number of aromatic nitrogens is 4. The van der Waals surface area contributed by atoms with Gasteiger partial charge < -0.3 is 15.2 Å². The number of phenols is 2. The summed E-state index contributed by atoms with van der Waals surface area (Å²) in [6, 6.07) is 30.0. The summed E-state index contributed by atoms with van der Waals surface area (Å²) in [7, 11) is 0. The normalized spacial score (nSPS) is 11.4. The molecule has 0 bridgehead atoms. The van der Waals surface area contributed by atoms with Crippen LogP contribution in [0.4, 0.5) is 0 Å². The minimum absolute atomic E-state index is 0.162. The first-order valence-corrected chi connectivity index (χ1v) is 16.5. The lowest BCUT2D eigenvalue weighted by Gasteiger charge is -2.15. The van der Waals surface area contributed by atoms with Crippen LogP contribution in [-0.2, 0) is 12.8 Å². The molecule has 3 N–H and O–H groups in total. The fraction of sp³-hybridized carbons (Fsp3) is 0.195. The molecular formula is C41H38N4O2. The number of pyridine rings is 3. The number of benzene rings is 3. The third-order valence-corrected chi connectivity index (χ3v) is 8.88. The smallest absolute Gasteiger partial charge is 0.134 e. The van der Waals surface area contributed by atoms with Gasteiger partial charge in [-0.25, -0.2) is 9.97 Å². The highest BCUT2D eigenvalue weighted by molar-refractivity contribution is 6.04. The van der Waals surface area contributed by atoms with Crippen molar-refractivity contribution in [3.63, 3.8) is 0 Å². The lowest BCUT2D eigenvalue weighted by molar-refractivity contribution is 0.478. The van der Waals surface area contributed by atoms with Crippen molar-refractivity contribution in [3.05, 3.63) is 115 Å². The van der Waals surface area contributed by atoms with Gasteiger partial charge in [-0.15, -0.1) is 0 Å². The average Bonchev–Trinajstić information content (AvgIpc) is 3.65. The monoisotopic (exact) mass is 618 g/mol. The van der Waals surface area contributed by atoms with Gasteiger partial charge in [0.15, 0.2) is 0 Å². The number of unbranched alkanes of at least 4 members (excludes halogenated alkanes) is 2. The Morgan fingerprint density at radius 1 is 0.574 bits per heavy atom. The molecule has 234 valence electrons. The lowest BCUT2D eigenvalue weighted by atomic mass is 9.96. The zero-order valence-corrected chi connectivity index (χ0v) is 26.8. The number of phenolic OH excluding ortho intramolecular Hbond substituents is 2. The molecule has 4 aromatic heterocycles. The third kappa shape index (κ3) is 5.95. The third-order valence-electron chi connectivity index (χ3n) is 8.88. The van der Waals surface area contributed by atoms with Gasteiger partial charge >= 0.3 is 0 Å². The Kier molecular flexibility index (Phi) is 8.40. The van der Waals surface area contributed by atoms with Crippen molar-refractivity contribution in [2.24, 2.45) is 0 Å². The molecule has 47 heavy (non-hydrogen) atoms. The summed E-state index contributed by atoms with van der Waals surface area (Å²) >= 11 is 0. The molecule has 7 aromatic rings. The molecule has 0 spiro atoms. The van der Waals surface area contributed by atoms with Crippen LogP contribution in [0, 0.1) is 0 Å². The van der Waals surface area contributed by atoms with E-state index in [1.165, 1.54) is 0 Å². The van der Waals surface area contributed by atoms with Gasteiger partial charge in [-0.2, -0.15) is 0 Å². The molecule has 6 nitrogen and oxygen atoms in total. The number of fused-ring (bicyclic) bond motifs is 3. The maximum absolute atomic E-state index is 11.6. The van der Waals surface area contributed by atoms with Gasteiger partial charge in [0.2, 0.25) is 0 Å². The van der Waals surface area contributed by atoms with Crippen LogP contribution in [0.5, 0.6) is 11.5 Å². The van der Waals surface area contributed by atoms with Crippen molar-refractivity contribution in [3.8, 4) is 56.5 Å². The van der Waals surface area contributed by atoms with E-state index in [1.807, 2.05) is 66.9 Å². The van der Waals surface area contributed by atoms with Crippen molar-refractivity contribution >= 4 is 21.8 Å². The van der Waals surface area contributed by atoms with Gasteiger partial charge in [-0.3, -0.25) is 4.98 Å². The van der Waals surface area contributed by atoms with Crippen LogP contribution in [0.25, 0.3) is 66.8 Å². The summed E-state index contributed by atoms with van der Waals surface area (Å²) in [6.07, 6.45) is 9.70. The number of rotatable bonds is 10.